The molecule has 0 radical (unpaired) electrons. The molecule has 72 valence electrons. The van der Waals surface area contributed by atoms with Gasteiger partial charge in [-0.1, -0.05) is 0 Å². The third-order valence-electron chi connectivity index (χ3n) is 1.77. The van der Waals surface area contributed by atoms with Crippen LogP contribution in [0, 0.1) is 0 Å². The molecular formula is C9H9N3S2. The van der Waals surface area contributed by atoms with E-state index in [0.29, 0.717) is 0 Å². The lowest BCUT2D eigenvalue weighted by atomic mass is 10.4. The van der Waals surface area contributed by atoms with Gasteiger partial charge in [0.05, 0.1) is 0 Å². The smallest absolute Gasteiger partial charge is 0.179 e. The molecule has 2 rings (SSSR count). The molecule has 0 aliphatic heterocycles. The maximum absolute atomic E-state index is 4.48. The number of aromatic nitrogens is 3. The van der Waals surface area contributed by atoms with E-state index in [9.17, 15) is 0 Å². The van der Waals surface area contributed by atoms with Gasteiger partial charge in [-0.2, -0.15) is 0 Å². The SMILES string of the molecule is CSc1nc2cccnc2nc1SC. The summed E-state index contributed by atoms with van der Waals surface area (Å²) in [5.74, 6) is 0. The molecular weight excluding hydrogens is 214 g/mol. The van der Waals surface area contributed by atoms with Crippen molar-refractivity contribution >= 4 is 34.7 Å². The summed E-state index contributed by atoms with van der Waals surface area (Å²) in [5.41, 5.74) is 1.57. The summed E-state index contributed by atoms with van der Waals surface area (Å²) < 4.78 is 0. The molecule has 2 aromatic rings. The quantitative estimate of drug-likeness (QED) is 0.731. The third-order valence-corrected chi connectivity index (χ3v) is 3.24. The van der Waals surface area contributed by atoms with Crippen LogP contribution in [0.4, 0.5) is 0 Å². The van der Waals surface area contributed by atoms with E-state index in [2.05, 4.69) is 15.0 Å². The Hall–Kier alpha value is -0.810. The molecule has 0 amide bonds. The van der Waals surface area contributed by atoms with Gasteiger partial charge in [0.1, 0.15) is 15.6 Å². The fraction of sp³-hybridized carbons (Fsp3) is 0.222. The minimum absolute atomic E-state index is 0.717. The highest BCUT2D eigenvalue weighted by Crippen LogP contribution is 2.25. The van der Waals surface area contributed by atoms with Gasteiger partial charge in [0.15, 0.2) is 5.65 Å². The summed E-state index contributed by atoms with van der Waals surface area (Å²) in [6.45, 7) is 0. The zero-order valence-corrected chi connectivity index (χ0v) is 9.52. The van der Waals surface area contributed by atoms with Gasteiger partial charge < -0.3 is 0 Å². The van der Waals surface area contributed by atoms with Crippen molar-refractivity contribution in [3.63, 3.8) is 0 Å². The van der Waals surface area contributed by atoms with E-state index in [1.54, 1.807) is 29.7 Å². The maximum atomic E-state index is 4.48. The Balaban J connectivity index is 2.69. The van der Waals surface area contributed by atoms with Crippen LogP contribution in [0.15, 0.2) is 28.4 Å². The van der Waals surface area contributed by atoms with Crippen molar-refractivity contribution in [1.29, 1.82) is 0 Å². The zero-order chi connectivity index (χ0) is 9.97. The van der Waals surface area contributed by atoms with Crippen molar-refractivity contribution in [3.8, 4) is 0 Å². The molecule has 0 aliphatic carbocycles. The monoisotopic (exact) mass is 223 g/mol. The molecule has 0 unspecified atom stereocenters. The second kappa shape index (κ2) is 4.14. The second-order valence-corrected chi connectivity index (χ2v) is 4.18. The van der Waals surface area contributed by atoms with Gasteiger partial charge in [-0.15, -0.1) is 23.5 Å². The average molecular weight is 223 g/mol. The predicted molar refractivity (Wildman–Crippen MR) is 60.9 cm³/mol. The summed E-state index contributed by atoms with van der Waals surface area (Å²) in [5, 5.41) is 1.92. The highest BCUT2D eigenvalue weighted by atomic mass is 32.2. The molecule has 0 atom stereocenters. The van der Waals surface area contributed by atoms with Gasteiger partial charge in [0, 0.05) is 6.20 Å². The van der Waals surface area contributed by atoms with Gasteiger partial charge in [0.2, 0.25) is 0 Å². The van der Waals surface area contributed by atoms with Crippen molar-refractivity contribution < 1.29 is 0 Å². The Kier molecular flexibility index (Phi) is 2.88. The van der Waals surface area contributed by atoms with Gasteiger partial charge >= 0.3 is 0 Å². The molecule has 14 heavy (non-hydrogen) atoms. The largest absolute Gasteiger partial charge is 0.235 e. The van der Waals surface area contributed by atoms with Crippen LogP contribution in [0.2, 0.25) is 0 Å². The van der Waals surface area contributed by atoms with E-state index in [-0.39, 0.29) is 0 Å². The van der Waals surface area contributed by atoms with E-state index in [1.165, 1.54) is 0 Å². The van der Waals surface area contributed by atoms with Gasteiger partial charge in [0.25, 0.3) is 0 Å². The normalized spacial score (nSPS) is 10.7. The Morgan fingerprint density at radius 3 is 2.50 bits per heavy atom. The third kappa shape index (κ3) is 1.69. The van der Waals surface area contributed by atoms with E-state index < -0.39 is 0 Å². The molecule has 0 fully saturated rings. The summed E-state index contributed by atoms with van der Waals surface area (Å²) in [4.78, 5) is 13.1. The topological polar surface area (TPSA) is 38.7 Å². The number of hydrogen-bond donors (Lipinski definition) is 0. The van der Waals surface area contributed by atoms with Gasteiger partial charge in [-0.3, -0.25) is 0 Å². The van der Waals surface area contributed by atoms with E-state index >= 15 is 0 Å². The summed E-state index contributed by atoms with van der Waals surface area (Å²) in [6.07, 6.45) is 5.74. The highest BCUT2D eigenvalue weighted by molar-refractivity contribution is 8.01. The molecule has 0 N–H and O–H groups in total. The second-order valence-electron chi connectivity index (χ2n) is 2.59. The predicted octanol–water partition coefficient (Wildman–Crippen LogP) is 2.47. The lowest BCUT2D eigenvalue weighted by Gasteiger charge is -2.03. The zero-order valence-electron chi connectivity index (χ0n) is 7.89. The number of rotatable bonds is 2. The molecule has 2 heterocycles. The molecule has 0 bridgehead atoms. The van der Waals surface area contributed by atoms with Crippen LogP contribution >= 0.6 is 23.5 Å². The minimum Gasteiger partial charge on any atom is -0.235 e. The van der Waals surface area contributed by atoms with Gasteiger partial charge in [-0.25, -0.2) is 15.0 Å². The average Bonchev–Trinajstić information content (AvgIpc) is 2.27. The molecule has 0 saturated carbocycles. The Labute approximate surface area is 90.7 Å². The molecule has 0 spiro atoms. The lowest BCUT2D eigenvalue weighted by molar-refractivity contribution is 0.960. The van der Waals surface area contributed by atoms with Crippen molar-refractivity contribution in [1.82, 2.24) is 15.0 Å². The fourth-order valence-electron chi connectivity index (χ4n) is 1.13. The molecule has 3 nitrogen and oxygen atoms in total. The summed E-state index contributed by atoms with van der Waals surface area (Å²) >= 11 is 3.21. The van der Waals surface area contributed by atoms with Crippen LogP contribution in [0.1, 0.15) is 0 Å². The molecule has 2 aromatic heterocycles. The standard InChI is InChI=1S/C9H9N3S2/c1-13-8-9(14-2)12-7-6(11-8)4-3-5-10-7/h3-5H,1-2H3. The number of thioether (sulfide) groups is 2. The van der Waals surface area contributed by atoms with Crippen molar-refractivity contribution in [2.75, 3.05) is 12.5 Å². The van der Waals surface area contributed by atoms with E-state index in [1.807, 2.05) is 24.6 Å². The number of pyridine rings is 1. The first-order valence-corrected chi connectivity index (χ1v) is 6.51. The maximum Gasteiger partial charge on any atom is 0.179 e. The summed E-state index contributed by atoms with van der Waals surface area (Å²) in [6, 6.07) is 3.80. The van der Waals surface area contributed by atoms with Crippen LogP contribution in [-0.2, 0) is 0 Å². The van der Waals surface area contributed by atoms with Crippen LogP contribution in [0.25, 0.3) is 11.2 Å². The first-order valence-electron chi connectivity index (χ1n) is 4.06. The highest BCUT2D eigenvalue weighted by Gasteiger charge is 2.06. The van der Waals surface area contributed by atoms with E-state index in [4.69, 9.17) is 0 Å². The first-order chi connectivity index (χ1) is 6.85. The number of fused-ring (bicyclic) bond motifs is 1. The lowest BCUT2D eigenvalue weighted by Crippen LogP contribution is -1.92. The number of nitrogens with zero attached hydrogens (tertiary/aromatic N) is 3. The van der Waals surface area contributed by atoms with Gasteiger partial charge in [-0.05, 0) is 24.6 Å². The van der Waals surface area contributed by atoms with Crippen molar-refractivity contribution in [2.24, 2.45) is 0 Å². The van der Waals surface area contributed by atoms with Crippen LogP contribution < -0.4 is 0 Å². The van der Waals surface area contributed by atoms with Crippen molar-refractivity contribution in [3.05, 3.63) is 18.3 Å². The first kappa shape index (κ1) is 9.73. The van der Waals surface area contributed by atoms with Crippen LogP contribution in [0.3, 0.4) is 0 Å². The summed E-state index contributed by atoms with van der Waals surface area (Å²) in [7, 11) is 0. The molecule has 0 aromatic carbocycles. The van der Waals surface area contributed by atoms with Crippen LogP contribution in [-0.4, -0.2) is 27.5 Å². The number of hydrogen-bond acceptors (Lipinski definition) is 5. The Bertz CT molecular complexity index is 416. The van der Waals surface area contributed by atoms with Crippen molar-refractivity contribution in [2.45, 2.75) is 10.1 Å². The Morgan fingerprint density at radius 2 is 1.79 bits per heavy atom. The van der Waals surface area contributed by atoms with E-state index in [0.717, 1.165) is 21.2 Å². The molecule has 0 aliphatic rings. The van der Waals surface area contributed by atoms with Crippen LogP contribution in [0.5, 0.6) is 0 Å². The minimum atomic E-state index is 0.717. The fourth-order valence-corrected chi connectivity index (χ4v) is 2.44. The molecule has 5 heteroatoms. The Morgan fingerprint density at radius 1 is 1.07 bits per heavy atom. The molecule has 0 saturated heterocycles.